The summed E-state index contributed by atoms with van der Waals surface area (Å²) in [4.78, 5) is 27.0. The molecule has 0 aliphatic carbocycles. The van der Waals surface area contributed by atoms with Gasteiger partial charge in [0, 0.05) is 11.3 Å². The van der Waals surface area contributed by atoms with Crippen LogP contribution in [0.5, 0.6) is 0 Å². The summed E-state index contributed by atoms with van der Waals surface area (Å²) in [5.74, 6) is -0.326. The zero-order valence-electron chi connectivity index (χ0n) is 11.2. The molecule has 2 aromatic heterocycles. The summed E-state index contributed by atoms with van der Waals surface area (Å²) < 4.78 is 0. The highest BCUT2D eigenvalue weighted by molar-refractivity contribution is 6.29. The molecular weight excluding hydrogens is 290 g/mol. The summed E-state index contributed by atoms with van der Waals surface area (Å²) in [6.07, 6.45) is 3.04. The number of carbonyl (C=O) groups is 1. The molecule has 21 heavy (non-hydrogen) atoms. The lowest BCUT2D eigenvalue weighted by Crippen LogP contribution is -2.13. The monoisotopic (exact) mass is 301 g/mol. The lowest BCUT2D eigenvalue weighted by Gasteiger charge is -2.09. The molecule has 0 aliphatic heterocycles. The topological polar surface area (TPSA) is 83.6 Å². The minimum atomic E-state index is -0.244. The first-order valence-electron chi connectivity index (χ1n) is 6.30. The number of carbonyl (C=O) groups excluding carboxylic acids is 1. The van der Waals surface area contributed by atoms with E-state index < -0.39 is 0 Å². The van der Waals surface area contributed by atoms with E-state index in [1.165, 1.54) is 6.33 Å². The number of hydrogen-bond acceptors (Lipinski definition) is 4. The molecule has 1 amide bonds. The van der Waals surface area contributed by atoms with Crippen LogP contribution >= 0.6 is 11.6 Å². The number of aromatic nitrogens is 4. The Morgan fingerprint density at radius 1 is 1.33 bits per heavy atom. The van der Waals surface area contributed by atoms with E-state index >= 15 is 0 Å². The molecule has 7 heteroatoms. The lowest BCUT2D eigenvalue weighted by atomic mass is 10.1. The third-order valence-corrected chi connectivity index (χ3v) is 3.37. The maximum Gasteiger partial charge on any atom is 0.239 e. The second-order valence-electron chi connectivity index (χ2n) is 4.53. The van der Waals surface area contributed by atoms with Gasteiger partial charge in [-0.25, -0.2) is 15.0 Å². The first kappa shape index (κ1) is 13.5. The van der Waals surface area contributed by atoms with E-state index in [1.54, 1.807) is 6.33 Å². The predicted molar refractivity (Wildman–Crippen MR) is 81.2 cm³/mol. The molecule has 0 radical (unpaired) electrons. The smallest absolute Gasteiger partial charge is 0.239 e. The molecule has 0 unspecified atom stereocenters. The molecule has 0 atom stereocenters. The zero-order valence-corrected chi connectivity index (χ0v) is 12.0. The minimum absolute atomic E-state index is 0.0814. The lowest BCUT2D eigenvalue weighted by molar-refractivity contribution is -0.113. The average Bonchev–Trinajstić information content (AvgIpc) is 2.97. The van der Waals surface area contributed by atoms with Gasteiger partial charge in [-0.1, -0.05) is 12.1 Å². The first-order valence-corrected chi connectivity index (χ1v) is 6.83. The van der Waals surface area contributed by atoms with Crippen molar-refractivity contribution in [1.82, 2.24) is 19.9 Å². The number of anilines is 1. The van der Waals surface area contributed by atoms with E-state index in [0.29, 0.717) is 11.3 Å². The van der Waals surface area contributed by atoms with Crippen molar-refractivity contribution in [3.63, 3.8) is 0 Å². The maximum atomic E-state index is 11.5. The van der Waals surface area contributed by atoms with Crippen LogP contribution in [0, 0.1) is 6.92 Å². The largest absolute Gasteiger partial charge is 0.341 e. The molecule has 3 rings (SSSR count). The molecule has 2 N–H and O–H groups in total. The molecule has 6 nitrogen and oxygen atoms in total. The highest BCUT2D eigenvalue weighted by atomic mass is 35.5. The number of aryl methyl sites for hydroxylation is 1. The van der Waals surface area contributed by atoms with Crippen LogP contribution < -0.4 is 5.32 Å². The van der Waals surface area contributed by atoms with Crippen molar-refractivity contribution < 1.29 is 4.79 Å². The predicted octanol–water partition coefficient (Wildman–Crippen LogP) is 2.51. The fourth-order valence-corrected chi connectivity index (χ4v) is 2.14. The van der Waals surface area contributed by atoms with E-state index in [-0.39, 0.29) is 11.8 Å². The zero-order chi connectivity index (χ0) is 14.8. The van der Waals surface area contributed by atoms with Gasteiger partial charge < -0.3 is 10.3 Å². The van der Waals surface area contributed by atoms with Crippen molar-refractivity contribution in [3.05, 3.63) is 36.4 Å². The van der Waals surface area contributed by atoms with Gasteiger partial charge in [-0.05, 0) is 18.6 Å². The van der Waals surface area contributed by atoms with Crippen LogP contribution in [0.15, 0.2) is 30.9 Å². The van der Waals surface area contributed by atoms with Gasteiger partial charge in [0.25, 0.3) is 0 Å². The average molecular weight is 302 g/mol. The summed E-state index contributed by atoms with van der Waals surface area (Å²) in [6.45, 7) is 1.92. The van der Waals surface area contributed by atoms with Crippen molar-refractivity contribution in [2.45, 2.75) is 6.92 Å². The second-order valence-corrected chi connectivity index (χ2v) is 4.80. The number of benzene rings is 1. The van der Waals surface area contributed by atoms with E-state index in [9.17, 15) is 4.79 Å². The molecule has 2 heterocycles. The van der Waals surface area contributed by atoms with Crippen LogP contribution in [-0.4, -0.2) is 31.7 Å². The summed E-state index contributed by atoms with van der Waals surface area (Å²) in [7, 11) is 0. The SMILES string of the molecule is Cc1ccc(-c2ncnc3nc[nH]c23)cc1NC(=O)CCl. The second kappa shape index (κ2) is 5.49. The quantitative estimate of drug-likeness (QED) is 0.728. The summed E-state index contributed by atoms with van der Waals surface area (Å²) in [6, 6.07) is 5.72. The summed E-state index contributed by atoms with van der Waals surface area (Å²) >= 11 is 5.53. The van der Waals surface area contributed by atoms with Gasteiger partial charge in [-0.15, -0.1) is 11.6 Å². The molecule has 0 saturated heterocycles. The molecule has 0 saturated carbocycles. The number of halogens is 1. The Morgan fingerprint density at radius 2 is 2.19 bits per heavy atom. The summed E-state index contributed by atoms with van der Waals surface area (Å²) in [5.41, 5.74) is 4.63. The van der Waals surface area contributed by atoms with Crippen molar-refractivity contribution >= 4 is 34.4 Å². The third-order valence-electron chi connectivity index (χ3n) is 3.13. The molecule has 0 aliphatic rings. The highest BCUT2D eigenvalue weighted by Crippen LogP contribution is 2.27. The number of aromatic amines is 1. The Kier molecular flexibility index (Phi) is 3.53. The van der Waals surface area contributed by atoms with Gasteiger partial charge in [0.2, 0.25) is 5.91 Å². The van der Waals surface area contributed by atoms with Crippen molar-refractivity contribution in [1.29, 1.82) is 0 Å². The Labute approximate surface area is 125 Å². The molecular formula is C14H12ClN5O. The van der Waals surface area contributed by atoms with E-state index in [4.69, 9.17) is 11.6 Å². The van der Waals surface area contributed by atoms with Gasteiger partial charge >= 0.3 is 0 Å². The maximum absolute atomic E-state index is 11.5. The molecule has 1 aromatic carbocycles. The Morgan fingerprint density at radius 3 is 3.00 bits per heavy atom. The number of fused-ring (bicyclic) bond motifs is 1. The fourth-order valence-electron chi connectivity index (χ4n) is 2.07. The van der Waals surface area contributed by atoms with Crippen LogP contribution in [0.25, 0.3) is 22.4 Å². The fraction of sp³-hybridized carbons (Fsp3) is 0.143. The normalized spacial score (nSPS) is 10.8. The van der Waals surface area contributed by atoms with Crippen molar-refractivity contribution in [3.8, 4) is 11.3 Å². The third kappa shape index (κ3) is 2.57. The molecule has 3 aromatic rings. The van der Waals surface area contributed by atoms with Gasteiger partial charge in [-0.3, -0.25) is 4.79 Å². The van der Waals surface area contributed by atoms with Crippen LogP contribution in [0.2, 0.25) is 0 Å². The van der Waals surface area contributed by atoms with Crippen molar-refractivity contribution in [2.24, 2.45) is 0 Å². The van der Waals surface area contributed by atoms with Gasteiger partial charge in [0.1, 0.15) is 17.7 Å². The van der Waals surface area contributed by atoms with Crippen LogP contribution in [0.3, 0.4) is 0 Å². The van der Waals surface area contributed by atoms with E-state index in [2.05, 4.69) is 25.3 Å². The molecule has 0 spiro atoms. The van der Waals surface area contributed by atoms with Crippen LogP contribution in [0.1, 0.15) is 5.56 Å². The van der Waals surface area contributed by atoms with Crippen LogP contribution in [-0.2, 0) is 4.79 Å². The Bertz CT molecular complexity index is 814. The number of nitrogens with one attached hydrogen (secondary N) is 2. The number of alkyl halides is 1. The minimum Gasteiger partial charge on any atom is -0.341 e. The van der Waals surface area contributed by atoms with Crippen molar-refractivity contribution in [2.75, 3.05) is 11.2 Å². The number of amides is 1. The molecule has 106 valence electrons. The van der Waals surface area contributed by atoms with Gasteiger partial charge in [0.15, 0.2) is 5.65 Å². The number of imidazole rings is 1. The number of hydrogen-bond donors (Lipinski definition) is 2. The van der Waals surface area contributed by atoms with Gasteiger partial charge in [-0.2, -0.15) is 0 Å². The molecule has 0 bridgehead atoms. The number of rotatable bonds is 3. The Hall–Kier alpha value is -2.47. The van der Waals surface area contributed by atoms with E-state index in [1.807, 2.05) is 25.1 Å². The standard InChI is InChI=1S/C14H12ClN5O/c1-8-2-3-9(4-10(8)20-11(21)5-15)12-13-14(18-6-16-12)19-7-17-13/h2-4,6-7H,5H2,1H3,(H,20,21)(H,16,17,18,19). The molecule has 0 fully saturated rings. The van der Waals surface area contributed by atoms with Gasteiger partial charge in [0.05, 0.1) is 12.0 Å². The highest BCUT2D eigenvalue weighted by Gasteiger charge is 2.11. The van der Waals surface area contributed by atoms with E-state index in [0.717, 1.165) is 22.3 Å². The Balaban J connectivity index is 2.08. The first-order chi connectivity index (χ1) is 10.2. The summed E-state index contributed by atoms with van der Waals surface area (Å²) in [5, 5.41) is 2.77. The number of nitrogens with zero attached hydrogens (tertiary/aromatic N) is 3. The van der Waals surface area contributed by atoms with Crippen LogP contribution in [0.4, 0.5) is 5.69 Å². The number of H-pyrrole nitrogens is 1.